The van der Waals surface area contributed by atoms with Crippen LogP contribution in [0, 0.1) is 0 Å². The SMILES string of the molecule is CC(C)c1nc2cc(-c3cc(N)no3)ccc2o1. The number of anilines is 1. The summed E-state index contributed by atoms with van der Waals surface area (Å²) in [6, 6.07) is 7.37. The second-order valence-corrected chi connectivity index (χ2v) is 4.51. The first-order valence-corrected chi connectivity index (χ1v) is 5.76. The van der Waals surface area contributed by atoms with Crippen LogP contribution in [-0.4, -0.2) is 10.1 Å². The van der Waals surface area contributed by atoms with Gasteiger partial charge in [-0.25, -0.2) is 4.98 Å². The van der Waals surface area contributed by atoms with Crippen LogP contribution in [0.1, 0.15) is 25.7 Å². The molecule has 3 aromatic rings. The molecule has 0 amide bonds. The summed E-state index contributed by atoms with van der Waals surface area (Å²) in [6.45, 7) is 4.09. The average molecular weight is 243 g/mol. The molecule has 2 heterocycles. The highest BCUT2D eigenvalue weighted by Gasteiger charge is 2.11. The van der Waals surface area contributed by atoms with E-state index in [9.17, 15) is 0 Å². The summed E-state index contributed by atoms with van der Waals surface area (Å²) in [5.74, 6) is 2.00. The molecular weight excluding hydrogens is 230 g/mol. The van der Waals surface area contributed by atoms with Gasteiger partial charge in [0.1, 0.15) is 5.52 Å². The molecule has 0 bridgehead atoms. The van der Waals surface area contributed by atoms with Crippen LogP contribution >= 0.6 is 0 Å². The summed E-state index contributed by atoms with van der Waals surface area (Å²) >= 11 is 0. The zero-order valence-corrected chi connectivity index (χ0v) is 10.2. The topological polar surface area (TPSA) is 78.1 Å². The Morgan fingerprint density at radius 2 is 2.06 bits per heavy atom. The summed E-state index contributed by atoms with van der Waals surface area (Å²) in [5, 5.41) is 3.67. The lowest BCUT2D eigenvalue weighted by Crippen LogP contribution is -1.84. The van der Waals surface area contributed by atoms with Gasteiger partial charge in [0.05, 0.1) is 0 Å². The monoisotopic (exact) mass is 243 g/mol. The molecular formula is C13H13N3O2. The van der Waals surface area contributed by atoms with E-state index < -0.39 is 0 Å². The van der Waals surface area contributed by atoms with Gasteiger partial charge in [-0.05, 0) is 18.2 Å². The molecule has 2 aromatic heterocycles. The quantitative estimate of drug-likeness (QED) is 0.747. The third kappa shape index (κ3) is 1.73. The van der Waals surface area contributed by atoms with Crippen LogP contribution in [0.3, 0.4) is 0 Å². The second-order valence-electron chi connectivity index (χ2n) is 4.51. The minimum absolute atomic E-state index is 0.266. The molecule has 0 spiro atoms. The van der Waals surface area contributed by atoms with Gasteiger partial charge in [0.2, 0.25) is 0 Å². The Labute approximate surface area is 104 Å². The molecule has 5 nitrogen and oxygen atoms in total. The molecule has 0 saturated carbocycles. The lowest BCUT2D eigenvalue weighted by atomic mass is 10.1. The lowest BCUT2D eigenvalue weighted by Gasteiger charge is -1.93. The third-order valence-electron chi connectivity index (χ3n) is 2.71. The van der Waals surface area contributed by atoms with Gasteiger partial charge >= 0.3 is 0 Å². The van der Waals surface area contributed by atoms with Crippen LogP contribution in [0.25, 0.3) is 22.4 Å². The van der Waals surface area contributed by atoms with Crippen LogP contribution in [0.15, 0.2) is 33.2 Å². The second kappa shape index (κ2) is 3.87. The predicted molar refractivity (Wildman–Crippen MR) is 68.0 cm³/mol. The zero-order chi connectivity index (χ0) is 12.7. The molecule has 0 aliphatic heterocycles. The van der Waals surface area contributed by atoms with Gasteiger partial charge < -0.3 is 14.7 Å². The van der Waals surface area contributed by atoms with Crippen molar-refractivity contribution in [3.63, 3.8) is 0 Å². The highest BCUT2D eigenvalue weighted by atomic mass is 16.5. The van der Waals surface area contributed by atoms with Crippen molar-refractivity contribution < 1.29 is 8.94 Å². The van der Waals surface area contributed by atoms with Crippen molar-refractivity contribution >= 4 is 16.9 Å². The highest BCUT2D eigenvalue weighted by Crippen LogP contribution is 2.27. The van der Waals surface area contributed by atoms with Gasteiger partial charge in [-0.1, -0.05) is 19.0 Å². The molecule has 0 unspecified atom stereocenters. The average Bonchev–Trinajstić information content (AvgIpc) is 2.93. The molecule has 5 heteroatoms. The summed E-state index contributed by atoms with van der Waals surface area (Å²) in [5.41, 5.74) is 8.00. The van der Waals surface area contributed by atoms with Crippen molar-refractivity contribution in [3.05, 3.63) is 30.2 Å². The Hall–Kier alpha value is -2.30. The zero-order valence-electron chi connectivity index (χ0n) is 10.2. The number of oxazole rings is 1. The minimum atomic E-state index is 0.266. The van der Waals surface area contributed by atoms with Crippen molar-refractivity contribution in [2.45, 2.75) is 19.8 Å². The van der Waals surface area contributed by atoms with Gasteiger partial charge in [-0.3, -0.25) is 0 Å². The molecule has 0 saturated heterocycles. The summed E-state index contributed by atoms with van der Waals surface area (Å²) < 4.78 is 10.8. The van der Waals surface area contributed by atoms with E-state index in [4.69, 9.17) is 14.7 Å². The van der Waals surface area contributed by atoms with Crippen molar-refractivity contribution in [2.75, 3.05) is 5.73 Å². The molecule has 0 aliphatic rings. The predicted octanol–water partition coefficient (Wildman–Crippen LogP) is 3.19. The van der Waals surface area contributed by atoms with Crippen LogP contribution in [0.5, 0.6) is 0 Å². The number of benzene rings is 1. The van der Waals surface area contributed by atoms with E-state index in [0.717, 1.165) is 22.6 Å². The number of nitrogens with two attached hydrogens (primary N) is 1. The molecule has 92 valence electrons. The molecule has 1 aromatic carbocycles. The minimum Gasteiger partial charge on any atom is -0.440 e. The van der Waals surface area contributed by atoms with E-state index in [1.54, 1.807) is 6.07 Å². The lowest BCUT2D eigenvalue weighted by molar-refractivity contribution is 0.436. The molecule has 3 rings (SSSR count). The van der Waals surface area contributed by atoms with Crippen molar-refractivity contribution in [3.8, 4) is 11.3 Å². The van der Waals surface area contributed by atoms with Crippen LogP contribution in [0.4, 0.5) is 5.82 Å². The standard InChI is InChI=1S/C13H13N3O2/c1-7(2)13-15-9-5-8(3-4-10(9)17-13)11-6-12(14)16-18-11/h3-7H,1-2H3,(H2,14,16). The third-order valence-corrected chi connectivity index (χ3v) is 2.71. The fourth-order valence-electron chi connectivity index (χ4n) is 1.77. The van der Waals surface area contributed by atoms with Crippen molar-refractivity contribution in [1.29, 1.82) is 0 Å². The first-order chi connectivity index (χ1) is 8.63. The van der Waals surface area contributed by atoms with E-state index in [1.807, 2.05) is 32.0 Å². The van der Waals surface area contributed by atoms with Crippen LogP contribution < -0.4 is 5.73 Å². The number of nitrogens with zero attached hydrogens (tertiary/aromatic N) is 2. The van der Waals surface area contributed by atoms with Gasteiger partial charge in [0.15, 0.2) is 23.1 Å². The van der Waals surface area contributed by atoms with Crippen molar-refractivity contribution in [2.24, 2.45) is 0 Å². The smallest absolute Gasteiger partial charge is 0.198 e. The fourth-order valence-corrected chi connectivity index (χ4v) is 1.77. The number of hydrogen-bond donors (Lipinski definition) is 1. The Kier molecular flexibility index (Phi) is 2.33. The number of fused-ring (bicyclic) bond motifs is 1. The van der Waals surface area contributed by atoms with E-state index in [0.29, 0.717) is 11.6 Å². The normalized spacial score (nSPS) is 11.5. The maximum absolute atomic E-state index is 5.64. The van der Waals surface area contributed by atoms with Gasteiger partial charge in [-0.2, -0.15) is 0 Å². The maximum Gasteiger partial charge on any atom is 0.198 e. The molecule has 0 fully saturated rings. The molecule has 18 heavy (non-hydrogen) atoms. The van der Waals surface area contributed by atoms with Crippen LogP contribution in [-0.2, 0) is 0 Å². The maximum atomic E-state index is 5.64. The fraction of sp³-hybridized carbons (Fsp3) is 0.231. The Balaban J connectivity index is 2.10. The van der Waals surface area contributed by atoms with Gasteiger partial charge in [0.25, 0.3) is 0 Å². The van der Waals surface area contributed by atoms with Crippen LogP contribution in [0.2, 0.25) is 0 Å². The van der Waals surface area contributed by atoms with E-state index in [1.165, 1.54) is 0 Å². The highest BCUT2D eigenvalue weighted by molar-refractivity contribution is 5.79. The summed E-state index contributed by atoms with van der Waals surface area (Å²) in [6.07, 6.45) is 0. The van der Waals surface area contributed by atoms with Crippen molar-refractivity contribution in [1.82, 2.24) is 10.1 Å². The molecule has 0 aliphatic carbocycles. The van der Waals surface area contributed by atoms with E-state index in [2.05, 4.69) is 10.1 Å². The summed E-state index contributed by atoms with van der Waals surface area (Å²) in [7, 11) is 0. The first-order valence-electron chi connectivity index (χ1n) is 5.76. The molecule has 0 radical (unpaired) electrons. The molecule has 0 atom stereocenters. The van der Waals surface area contributed by atoms with Gasteiger partial charge in [-0.15, -0.1) is 0 Å². The number of rotatable bonds is 2. The van der Waals surface area contributed by atoms with Gasteiger partial charge in [0, 0.05) is 17.5 Å². The number of hydrogen-bond acceptors (Lipinski definition) is 5. The van der Waals surface area contributed by atoms with E-state index in [-0.39, 0.29) is 5.92 Å². The summed E-state index contributed by atoms with van der Waals surface area (Å²) in [4.78, 5) is 4.45. The Bertz CT molecular complexity index is 697. The number of nitrogen functional groups attached to an aromatic ring is 1. The molecule has 2 N–H and O–H groups in total. The Morgan fingerprint density at radius 1 is 1.22 bits per heavy atom. The van der Waals surface area contributed by atoms with E-state index >= 15 is 0 Å². The largest absolute Gasteiger partial charge is 0.440 e. The number of aromatic nitrogens is 2. The first kappa shape index (κ1) is 10.8. The Morgan fingerprint density at radius 3 is 2.72 bits per heavy atom.